The molecule has 9 atom stereocenters. The summed E-state index contributed by atoms with van der Waals surface area (Å²) in [6, 6.07) is 13.2. The number of rotatable bonds is 23. The van der Waals surface area contributed by atoms with E-state index < -0.39 is 23.6 Å². The number of nitrogens with two attached hydrogens (primary N) is 1. The second-order valence-electron chi connectivity index (χ2n) is 17.1. The van der Waals surface area contributed by atoms with E-state index in [9.17, 15) is 30.3 Å². The van der Waals surface area contributed by atoms with Gasteiger partial charge in [0.05, 0.1) is 23.7 Å². The minimum Gasteiger partial charge on any atom is -0.508 e. The van der Waals surface area contributed by atoms with Crippen molar-refractivity contribution in [1.82, 2.24) is 15.3 Å². The number of hydrogen-bond donors (Lipinski definition) is 8. The van der Waals surface area contributed by atoms with E-state index in [1.54, 1.807) is 18.3 Å². The van der Waals surface area contributed by atoms with Crippen molar-refractivity contribution in [3.8, 4) is 5.75 Å². The molecule has 0 aliphatic heterocycles. The Hall–Kier alpha value is -3.70. The van der Waals surface area contributed by atoms with Gasteiger partial charge in [-0.25, -0.2) is 4.98 Å². The standard InChI is InChI=1S/C46H68N4O6/c1-3-4-6-9-31-12-15-36(42(52)24-31)10-7-5-8-11-41(45(54)55)43(53)27-38(30-48-2)46(56)28-34(21-33-18-19-49-44(47)25-33)22-37(46)26-39-23-35(29-50-39)20-32-13-16-40(51)17-14-32/h12-19,23,25,29,31,34,36-38,41-43,48,50-53,56H,3-11,20-22,24,26-28,30H2,1-2H3,(H2,47,49)(H,54,55). The smallest absolute Gasteiger partial charge is 0.309 e. The molecule has 0 radical (unpaired) electrons. The van der Waals surface area contributed by atoms with Gasteiger partial charge in [0.15, 0.2) is 0 Å². The second kappa shape index (κ2) is 21.2. The van der Waals surface area contributed by atoms with Gasteiger partial charge in [0, 0.05) is 36.5 Å². The number of aliphatic carboxylic acids is 1. The molecule has 0 saturated heterocycles. The lowest BCUT2D eigenvalue weighted by atomic mass is 9.73. The molecular formula is C46H68N4O6. The molecule has 1 saturated carbocycles. The van der Waals surface area contributed by atoms with E-state index in [0.29, 0.717) is 50.4 Å². The summed E-state index contributed by atoms with van der Waals surface area (Å²) >= 11 is 0. The zero-order valence-corrected chi connectivity index (χ0v) is 33.7. The summed E-state index contributed by atoms with van der Waals surface area (Å²) in [5.41, 5.74) is 9.15. The summed E-state index contributed by atoms with van der Waals surface area (Å²) in [4.78, 5) is 20.2. The normalized spacial score (nSPS) is 25.3. The number of allylic oxidation sites excluding steroid dienone is 1. The van der Waals surface area contributed by atoms with Crippen molar-refractivity contribution in [2.45, 2.75) is 127 Å². The molecule has 2 aromatic heterocycles. The maximum Gasteiger partial charge on any atom is 0.309 e. The molecular weight excluding hydrogens is 705 g/mol. The van der Waals surface area contributed by atoms with Gasteiger partial charge in [0.2, 0.25) is 0 Å². The highest BCUT2D eigenvalue weighted by molar-refractivity contribution is 5.70. The topological polar surface area (TPSA) is 185 Å². The Bertz CT molecular complexity index is 1660. The maximum absolute atomic E-state index is 12.8. The van der Waals surface area contributed by atoms with E-state index in [1.807, 2.05) is 37.5 Å². The predicted octanol–water partition coefficient (Wildman–Crippen LogP) is 7.20. The van der Waals surface area contributed by atoms with Crippen LogP contribution in [0.25, 0.3) is 0 Å². The molecule has 0 bridgehead atoms. The Labute approximate surface area is 334 Å². The number of carboxylic acid groups (broad SMARTS) is 1. The Balaban J connectivity index is 1.22. The third-order valence-electron chi connectivity index (χ3n) is 12.8. The number of pyridine rings is 1. The highest BCUT2D eigenvalue weighted by Crippen LogP contribution is 2.48. The number of aromatic nitrogens is 2. The van der Waals surface area contributed by atoms with Crippen LogP contribution < -0.4 is 11.1 Å². The van der Waals surface area contributed by atoms with Crippen LogP contribution in [0.3, 0.4) is 0 Å². The van der Waals surface area contributed by atoms with Crippen LogP contribution >= 0.6 is 0 Å². The molecule has 2 heterocycles. The van der Waals surface area contributed by atoms with Crippen LogP contribution in [0.2, 0.25) is 0 Å². The first-order chi connectivity index (χ1) is 27.0. The molecule has 5 rings (SSSR count). The number of phenols is 1. The molecule has 0 amide bonds. The molecule has 1 aromatic carbocycles. The fourth-order valence-electron chi connectivity index (χ4n) is 9.74. The van der Waals surface area contributed by atoms with Crippen molar-refractivity contribution in [2.24, 2.45) is 35.5 Å². The zero-order chi connectivity index (χ0) is 40.1. The highest BCUT2D eigenvalue weighted by Gasteiger charge is 2.51. The molecule has 308 valence electrons. The van der Waals surface area contributed by atoms with Crippen molar-refractivity contribution in [3.63, 3.8) is 0 Å². The lowest BCUT2D eigenvalue weighted by Gasteiger charge is -2.40. The van der Waals surface area contributed by atoms with E-state index in [-0.39, 0.29) is 41.9 Å². The molecule has 9 N–H and O–H groups in total. The number of anilines is 1. The number of phenolic OH excluding ortho intramolecular Hbond substituents is 1. The first-order valence-electron chi connectivity index (χ1n) is 21.3. The van der Waals surface area contributed by atoms with Gasteiger partial charge in [-0.2, -0.15) is 0 Å². The third kappa shape index (κ3) is 12.4. The lowest BCUT2D eigenvalue weighted by Crippen LogP contribution is -2.48. The van der Waals surface area contributed by atoms with Crippen LogP contribution in [0.1, 0.15) is 113 Å². The molecule has 1 fully saturated rings. The van der Waals surface area contributed by atoms with Gasteiger partial charge in [-0.05, 0) is 136 Å². The summed E-state index contributed by atoms with van der Waals surface area (Å²) in [5, 5.41) is 58.4. The average molecular weight is 773 g/mol. The number of H-pyrrole nitrogens is 1. The van der Waals surface area contributed by atoms with Crippen LogP contribution in [0.5, 0.6) is 5.75 Å². The number of aliphatic hydroxyl groups is 3. The van der Waals surface area contributed by atoms with Crippen molar-refractivity contribution >= 4 is 11.8 Å². The molecule has 2 aliphatic rings. The van der Waals surface area contributed by atoms with Gasteiger partial charge < -0.3 is 41.6 Å². The second-order valence-corrected chi connectivity index (χ2v) is 17.1. The van der Waals surface area contributed by atoms with Crippen LogP contribution in [-0.2, 0) is 24.1 Å². The van der Waals surface area contributed by atoms with Crippen LogP contribution in [0.15, 0.2) is 67.0 Å². The van der Waals surface area contributed by atoms with Gasteiger partial charge in [-0.15, -0.1) is 0 Å². The van der Waals surface area contributed by atoms with Crippen molar-refractivity contribution in [2.75, 3.05) is 19.3 Å². The SMILES string of the molecule is CCCCCC1C=CC(CCCCCC(C(=O)O)C(O)CC(CNC)C2(O)CC(Cc3ccnc(N)c3)CC2Cc2cc(Cc3ccc(O)cc3)c[nH]2)C(O)C1. The number of hydrogen-bond acceptors (Lipinski definition) is 8. The third-order valence-corrected chi connectivity index (χ3v) is 12.8. The fourth-order valence-corrected chi connectivity index (χ4v) is 9.74. The molecule has 3 aromatic rings. The van der Waals surface area contributed by atoms with E-state index in [0.717, 1.165) is 67.3 Å². The number of carbonyl (C=O) groups is 1. The molecule has 0 spiro atoms. The number of nitrogen functional groups attached to an aromatic ring is 1. The number of unbranched alkanes of at least 4 members (excludes halogenated alkanes) is 4. The van der Waals surface area contributed by atoms with Gasteiger partial charge in [0.25, 0.3) is 0 Å². The summed E-state index contributed by atoms with van der Waals surface area (Å²) < 4.78 is 0. The minimum atomic E-state index is -1.15. The number of aromatic amines is 1. The minimum absolute atomic E-state index is 0.128. The maximum atomic E-state index is 12.8. The van der Waals surface area contributed by atoms with Crippen LogP contribution in [0, 0.1) is 35.5 Å². The number of aromatic hydroxyl groups is 1. The number of carboxylic acids is 1. The lowest BCUT2D eigenvalue weighted by molar-refractivity contribution is -0.148. The highest BCUT2D eigenvalue weighted by atomic mass is 16.4. The molecule has 10 nitrogen and oxygen atoms in total. The van der Waals surface area contributed by atoms with Crippen molar-refractivity contribution in [1.29, 1.82) is 0 Å². The average Bonchev–Trinajstić information content (AvgIpc) is 3.73. The summed E-state index contributed by atoms with van der Waals surface area (Å²) in [5.74, 6) is -0.962. The number of benzene rings is 1. The quantitative estimate of drug-likeness (QED) is 0.0365. The summed E-state index contributed by atoms with van der Waals surface area (Å²) in [6.07, 6.45) is 19.6. The Morgan fingerprint density at radius 2 is 1.79 bits per heavy atom. The first kappa shape index (κ1) is 43.4. The van der Waals surface area contributed by atoms with Crippen LogP contribution in [0.4, 0.5) is 5.82 Å². The molecule has 9 unspecified atom stereocenters. The summed E-state index contributed by atoms with van der Waals surface area (Å²) in [6.45, 7) is 2.65. The van der Waals surface area contributed by atoms with E-state index in [4.69, 9.17) is 5.73 Å². The van der Waals surface area contributed by atoms with Gasteiger partial charge >= 0.3 is 5.97 Å². The first-order valence-corrected chi connectivity index (χ1v) is 21.3. The molecule has 56 heavy (non-hydrogen) atoms. The Kier molecular flexibility index (Phi) is 16.4. The van der Waals surface area contributed by atoms with Crippen LogP contribution in [-0.4, -0.2) is 72.9 Å². The Morgan fingerprint density at radius 1 is 1.00 bits per heavy atom. The van der Waals surface area contributed by atoms with Crippen molar-refractivity contribution in [3.05, 3.63) is 89.4 Å². The van der Waals surface area contributed by atoms with E-state index >= 15 is 0 Å². The zero-order valence-electron chi connectivity index (χ0n) is 33.7. The predicted molar refractivity (Wildman–Crippen MR) is 222 cm³/mol. The number of aliphatic hydroxyl groups excluding tert-OH is 2. The molecule has 10 heteroatoms. The van der Waals surface area contributed by atoms with E-state index in [2.05, 4.69) is 40.4 Å². The number of nitrogens with one attached hydrogen (secondary N) is 2. The van der Waals surface area contributed by atoms with Gasteiger partial charge in [0.1, 0.15) is 11.6 Å². The van der Waals surface area contributed by atoms with Crippen molar-refractivity contribution < 1.29 is 30.3 Å². The fraction of sp³-hybridized carbons (Fsp3) is 0.609. The van der Waals surface area contributed by atoms with Gasteiger partial charge in [-0.1, -0.05) is 69.7 Å². The van der Waals surface area contributed by atoms with Gasteiger partial charge in [-0.3, -0.25) is 4.79 Å². The number of nitrogens with zero attached hydrogens (tertiary/aromatic N) is 1. The monoisotopic (exact) mass is 773 g/mol. The Morgan fingerprint density at radius 3 is 2.50 bits per heavy atom. The molecule has 2 aliphatic carbocycles. The summed E-state index contributed by atoms with van der Waals surface area (Å²) in [7, 11) is 1.84. The van der Waals surface area contributed by atoms with E-state index in [1.165, 1.54) is 19.3 Å². The largest absolute Gasteiger partial charge is 0.508 e.